The highest BCUT2D eigenvalue weighted by atomic mass is 32.2. The van der Waals surface area contributed by atoms with Gasteiger partial charge in [-0.1, -0.05) is 6.42 Å². The number of benzene rings is 2. The van der Waals surface area contributed by atoms with E-state index in [1.54, 1.807) is 11.8 Å². The number of ketones is 1. The van der Waals surface area contributed by atoms with Gasteiger partial charge in [0.25, 0.3) is 0 Å². The summed E-state index contributed by atoms with van der Waals surface area (Å²) in [6.07, 6.45) is 2.68. The highest BCUT2D eigenvalue weighted by Gasteiger charge is 2.42. The number of carboxylic acids is 4. The van der Waals surface area contributed by atoms with Gasteiger partial charge in [-0.15, -0.1) is 0 Å². The number of hydrogen-bond acceptors (Lipinski definition) is 12. The second-order valence-electron chi connectivity index (χ2n) is 12.0. The molecule has 4 rings (SSSR count). The lowest BCUT2D eigenvalue weighted by Crippen LogP contribution is -2.36. The average Bonchev–Trinajstić information content (AvgIpc) is 3.66. The lowest BCUT2D eigenvalue weighted by molar-refractivity contribution is -0.140. The Kier molecular flexibility index (Phi) is 14.5. The van der Waals surface area contributed by atoms with E-state index in [0.717, 1.165) is 24.7 Å². The van der Waals surface area contributed by atoms with Crippen LogP contribution < -0.4 is 34.9 Å². The smallest absolute Gasteiger partial charge is 0.341 e. The summed E-state index contributed by atoms with van der Waals surface area (Å²) in [5.41, 5.74) is 0.0844. The van der Waals surface area contributed by atoms with Crippen LogP contribution in [-0.2, 0) is 24.0 Å². The minimum Gasteiger partial charge on any atom is -0.482 e. The van der Waals surface area contributed by atoms with Gasteiger partial charge in [0.15, 0.2) is 32.2 Å². The normalized spacial score (nSPS) is 17.1. The van der Waals surface area contributed by atoms with Crippen molar-refractivity contribution in [2.24, 2.45) is 0 Å². The maximum absolute atomic E-state index is 13.6. The highest BCUT2D eigenvalue weighted by molar-refractivity contribution is 8.00. The molecule has 19 heteroatoms. The topological polar surface area (TPSA) is 273 Å². The van der Waals surface area contributed by atoms with Crippen molar-refractivity contribution in [1.82, 2.24) is 16.0 Å². The van der Waals surface area contributed by atoms with Crippen molar-refractivity contribution in [3.8, 4) is 34.1 Å². The molecule has 0 radical (unpaired) electrons. The van der Waals surface area contributed by atoms with E-state index < -0.39 is 56.1 Å². The molecule has 286 valence electrons. The molecule has 2 heterocycles. The molecule has 0 spiro atoms. The fourth-order valence-corrected chi connectivity index (χ4v) is 7.22. The number of unbranched alkanes of at least 4 members (excludes halogenated alkanes) is 1. The molecule has 7 N–H and O–H groups in total. The summed E-state index contributed by atoms with van der Waals surface area (Å²) in [7, 11) is 0. The van der Waals surface area contributed by atoms with Crippen LogP contribution in [0.1, 0.15) is 48.9 Å². The van der Waals surface area contributed by atoms with E-state index in [1.807, 2.05) is 0 Å². The lowest BCUT2D eigenvalue weighted by Gasteiger charge is -2.18. The summed E-state index contributed by atoms with van der Waals surface area (Å²) in [6, 6.07) is 6.37. The van der Waals surface area contributed by atoms with Crippen molar-refractivity contribution in [1.29, 1.82) is 0 Å². The maximum atomic E-state index is 13.6. The van der Waals surface area contributed by atoms with Crippen molar-refractivity contribution in [2.45, 2.75) is 55.9 Å². The van der Waals surface area contributed by atoms with Gasteiger partial charge in [0.2, 0.25) is 5.91 Å². The Morgan fingerprint density at radius 2 is 1.32 bits per heavy atom. The molecule has 2 aromatic rings. The third-order valence-electron chi connectivity index (χ3n) is 7.98. The van der Waals surface area contributed by atoms with E-state index in [9.17, 15) is 43.8 Å². The molecule has 2 aliphatic rings. The van der Waals surface area contributed by atoms with Crippen LogP contribution in [0.15, 0.2) is 30.3 Å². The molecule has 2 aromatic carbocycles. The summed E-state index contributed by atoms with van der Waals surface area (Å²) in [6.45, 7) is -3.09. The number of Topliss-reactive ketones (excluding diaryl/α,β-unsaturated/α-hetero) is 1. The summed E-state index contributed by atoms with van der Waals surface area (Å²) >= 11 is 1.80. The van der Waals surface area contributed by atoms with Gasteiger partial charge in [0.05, 0.1) is 17.6 Å². The number of hydrogen-bond donors (Lipinski definition) is 7. The number of rotatable bonds is 23. The molecule has 2 saturated heterocycles. The predicted octanol–water partition coefficient (Wildman–Crippen LogP) is 2.01. The first kappa shape index (κ1) is 40.1. The van der Waals surface area contributed by atoms with Crippen molar-refractivity contribution in [3.63, 3.8) is 0 Å². The molecule has 0 unspecified atom stereocenters. The fourth-order valence-electron chi connectivity index (χ4n) is 5.68. The first-order valence-electron chi connectivity index (χ1n) is 16.5. The molecular weight excluding hydrogens is 722 g/mol. The number of ether oxygens (including phenoxy) is 4. The first-order chi connectivity index (χ1) is 25.3. The molecule has 0 saturated carbocycles. The van der Waals surface area contributed by atoms with Crippen LogP contribution in [-0.4, -0.2) is 118 Å². The molecule has 2 fully saturated rings. The largest absolute Gasteiger partial charge is 0.482 e. The molecule has 0 bridgehead atoms. The number of fused-ring (bicyclic) bond motifs is 1. The van der Waals surface area contributed by atoms with E-state index in [-0.39, 0.29) is 94.8 Å². The van der Waals surface area contributed by atoms with E-state index >= 15 is 0 Å². The maximum Gasteiger partial charge on any atom is 0.341 e. The summed E-state index contributed by atoms with van der Waals surface area (Å²) in [4.78, 5) is 82.6. The van der Waals surface area contributed by atoms with Gasteiger partial charge in [-0.05, 0) is 43.0 Å². The highest BCUT2D eigenvalue weighted by Crippen LogP contribution is 2.40. The molecule has 3 atom stereocenters. The summed E-state index contributed by atoms with van der Waals surface area (Å²) in [5.74, 6) is -5.76. The Morgan fingerprint density at radius 3 is 1.94 bits per heavy atom. The number of carbonyl (C=O) groups is 7. The second kappa shape index (κ2) is 19.2. The third kappa shape index (κ3) is 12.5. The predicted molar refractivity (Wildman–Crippen MR) is 185 cm³/mol. The van der Waals surface area contributed by atoms with Gasteiger partial charge in [-0.25, -0.2) is 24.0 Å². The zero-order chi connectivity index (χ0) is 38.5. The molecule has 53 heavy (non-hydrogen) atoms. The van der Waals surface area contributed by atoms with Crippen LogP contribution >= 0.6 is 11.8 Å². The Bertz CT molecular complexity index is 1680. The molecule has 2 aliphatic heterocycles. The quantitative estimate of drug-likeness (QED) is 0.0485. The molecule has 0 aromatic heterocycles. The number of urea groups is 1. The van der Waals surface area contributed by atoms with E-state index in [2.05, 4.69) is 16.0 Å². The van der Waals surface area contributed by atoms with Gasteiger partial charge in [-0.2, -0.15) is 11.8 Å². The molecule has 0 aliphatic carbocycles. The van der Waals surface area contributed by atoms with Crippen molar-refractivity contribution in [3.05, 3.63) is 35.9 Å². The van der Waals surface area contributed by atoms with Crippen LogP contribution in [0.5, 0.6) is 23.0 Å². The zero-order valence-corrected chi connectivity index (χ0v) is 29.1. The number of nitrogens with one attached hydrogen (secondary N) is 3. The SMILES string of the molecule is O=C(O)COc1cc(OCC(=O)O)cc(-c2cc(C(=O)CCCNC(=O)CCCC[C@@H]3SC[C@@H]4NC(=O)N[C@@H]43)c(OCC(=O)O)cc2OCC(=O)O)c1. The Morgan fingerprint density at radius 1 is 0.717 bits per heavy atom. The Labute approximate surface area is 306 Å². The first-order valence-corrected chi connectivity index (χ1v) is 17.5. The molecule has 18 nitrogen and oxygen atoms in total. The van der Waals surface area contributed by atoms with Crippen LogP contribution in [0.2, 0.25) is 0 Å². The lowest BCUT2D eigenvalue weighted by atomic mass is 9.97. The third-order valence-corrected chi connectivity index (χ3v) is 9.49. The Hall–Kier alpha value is -5.72. The van der Waals surface area contributed by atoms with E-state index in [4.69, 9.17) is 29.2 Å². The van der Waals surface area contributed by atoms with E-state index in [1.165, 1.54) is 24.3 Å². The molecular formula is C34H39N3O15S. The van der Waals surface area contributed by atoms with Gasteiger partial charge in [0, 0.05) is 48.1 Å². The van der Waals surface area contributed by atoms with Crippen LogP contribution in [0.3, 0.4) is 0 Å². The van der Waals surface area contributed by atoms with Crippen LogP contribution in [0, 0.1) is 0 Å². The number of amides is 3. The minimum atomic E-state index is -1.36. The Balaban J connectivity index is 1.46. The van der Waals surface area contributed by atoms with Gasteiger partial charge < -0.3 is 55.3 Å². The fraction of sp³-hybridized carbons (Fsp3) is 0.441. The van der Waals surface area contributed by atoms with Crippen LogP contribution in [0.4, 0.5) is 4.79 Å². The van der Waals surface area contributed by atoms with Gasteiger partial charge in [0.1, 0.15) is 23.0 Å². The van der Waals surface area contributed by atoms with Crippen molar-refractivity contribution < 1.29 is 72.9 Å². The number of thioether (sulfide) groups is 1. The number of carboxylic acid groups (broad SMARTS) is 4. The summed E-state index contributed by atoms with van der Waals surface area (Å²) < 4.78 is 21.4. The van der Waals surface area contributed by atoms with Crippen LogP contribution in [0.25, 0.3) is 11.1 Å². The van der Waals surface area contributed by atoms with Crippen molar-refractivity contribution >= 4 is 53.4 Å². The standard InChI is InChI=1S/C34H39N3O15S/c38-24(4-3-7-35-28(39)6-2-1-5-27-33-23(17-53-27)36-34(48)37-33)22-11-21(25(51-15-31(44)45)12-26(22)52-16-32(46)47)18-8-19(49-13-29(40)41)10-20(9-18)50-14-30(42)43/h8-12,23,27,33H,1-7,13-17H2,(H,35,39)(H,40,41)(H,42,43)(H,44,45)(H,46,47)(H2,36,37,48)/t23-,27-,33-/m0/s1. The van der Waals surface area contributed by atoms with Gasteiger partial charge in [-0.3, -0.25) is 9.59 Å². The second-order valence-corrected chi connectivity index (χ2v) is 13.3. The van der Waals surface area contributed by atoms with E-state index in [0.29, 0.717) is 6.42 Å². The average molecular weight is 762 g/mol. The minimum absolute atomic E-state index is 0.0598. The number of aliphatic carboxylic acids is 4. The summed E-state index contributed by atoms with van der Waals surface area (Å²) in [5, 5.41) is 45.6. The van der Waals surface area contributed by atoms with Gasteiger partial charge >= 0.3 is 29.9 Å². The van der Waals surface area contributed by atoms with Crippen molar-refractivity contribution in [2.75, 3.05) is 38.7 Å². The monoisotopic (exact) mass is 761 g/mol. The number of carbonyl (C=O) groups excluding carboxylic acids is 3. The molecule has 3 amide bonds. The zero-order valence-electron chi connectivity index (χ0n) is 28.3.